The molecule has 164 valence electrons. The normalized spacial score (nSPS) is 16.7. The number of pyridine rings is 1. The van der Waals surface area contributed by atoms with E-state index in [2.05, 4.69) is 5.32 Å². The molecule has 7 nitrogen and oxygen atoms in total. The van der Waals surface area contributed by atoms with Gasteiger partial charge in [-0.1, -0.05) is 0 Å². The van der Waals surface area contributed by atoms with E-state index < -0.39 is 11.2 Å². The van der Waals surface area contributed by atoms with Crippen LogP contribution in [0.25, 0.3) is 16.6 Å². The Labute approximate surface area is 183 Å². The van der Waals surface area contributed by atoms with Crippen molar-refractivity contribution in [3.05, 3.63) is 52.1 Å². The van der Waals surface area contributed by atoms with Crippen molar-refractivity contribution in [3.63, 3.8) is 0 Å². The summed E-state index contributed by atoms with van der Waals surface area (Å²) in [6.45, 7) is 1.82. The number of ether oxygens (including phenoxy) is 1. The lowest BCUT2D eigenvalue weighted by molar-refractivity contribution is 0.0791. The molecule has 2 N–H and O–H groups in total. The topological polar surface area (TPSA) is 83.8 Å². The third-order valence-electron chi connectivity index (χ3n) is 6.50. The van der Waals surface area contributed by atoms with Gasteiger partial charge in [-0.2, -0.15) is 0 Å². The molecule has 0 radical (unpaired) electrons. The largest absolute Gasteiger partial charge is 0.508 e. The van der Waals surface area contributed by atoms with Crippen LogP contribution in [-0.2, 0) is 0 Å². The van der Waals surface area contributed by atoms with Crippen molar-refractivity contribution in [2.75, 3.05) is 25.0 Å². The van der Waals surface area contributed by atoms with E-state index in [-0.39, 0.29) is 34.0 Å². The summed E-state index contributed by atoms with van der Waals surface area (Å²) in [5, 5.41) is 13.2. The SMILES string of the molecule is O=C(c1cn2c3c(c(NCC4CC4)c(F)cc3c1=O)Oc1cc(O)ccc1-2)N1CCCC1. The number of phenols is 1. The van der Waals surface area contributed by atoms with E-state index in [0.29, 0.717) is 42.5 Å². The molecule has 2 fully saturated rings. The van der Waals surface area contributed by atoms with Crippen molar-refractivity contribution in [2.24, 2.45) is 5.92 Å². The van der Waals surface area contributed by atoms with E-state index in [9.17, 15) is 14.7 Å². The number of carbonyl (C=O) groups excluding carboxylic acids is 1. The number of carbonyl (C=O) groups is 1. The number of likely N-dealkylation sites (tertiary alicyclic amines) is 1. The molecule has 6 rings (SSSR count). The highest BCUT2D eigenvalue weighted by Gasteiger charge is 2.31. The van der Waals surface area contributed by atoms with E-state index in [1.54, 1.807) is 15.5 Å². The monoisotopic (exact) mass is 435 g/mol. The summed E-state index contributed by atoms with van der Waals surface area (Å²) in [4.78, 5) is 28.1. The maximum Gasteiger partial charge on any atom is 0.259 e. The quantitative estimate of drug-likeness (QED) is 0.506. The number of hydrogen-bond donors (Lipinski definition) is 2. The molecule has 1 amide bonds. The zero-order valence-electron chi connectivity index (χ0n) is 17.4. The molecule has 8 heteroatoms. The number of amides is 1. The Morgan fingerprint density at radius 1 is 1.22 bits per heavy atom. The summed E-state index contributed by atoms with van der Waals surface area (Å²) in [7, 11) is 0. The number of phenolic OH excluding ortho intramolecular Hbond substituents is 1. The maximum atomic E-state index is 15.2. The Hall–Kier alpha value is -3.55. The Kier molecular flexibility index (Phi) is 4.18. The van der Waals surface area contributed by atoms with Crippen LogP contribution in [0.4, 0.5) is 10.1 Å². The summed E-state index contributed by atoms with van der Waals surface area (Å²) in [6.07, 6.45) is 5.52. The van der Waals surface area contributed by atoms with Gasteiger partial charge in [-0.3, -0.25) is 9.59 Å². The molecule has 32 heavy (non-hydrogen) atoms. The second-order valence-electron chi connectivity index (χ2n) is 8.78. The van der Waals surface area contributed by atoms with Crippen molar-refractivity contribution >= 4 is 22.5 Å². The van der Waals surface area contributed by atoms with E-state index in [4.69, 9.17) is 4.74 Å². The highest BCUT2D eigenvalue weighted by atomic mass is 19.1. The summed E-state index contributed by atoms with van der Waals surface area (Å²) in [6, 6.07) is 5.80. The van der Waals surface area contributed by atoms with Gasteiger partial charge in [0.25, 0.3) is 5.91 Å². The van der Waals surface area contributed by atoms with Gasteiger partial charge < -0.3 is 24.6 Å². The summed E-state index contributed by atoms with van der Waals surface area (Å²) >= 11 is 0. The van der Waals surface area contributed by atoms with E-state index in [0.717, 1.165) is 25.7 Å². The van der Waals surface area contributed by atoms with E-state index in [1.165, 1.54) is 24.4 Å². The first-order valence-corrected chi connectivity index (χ1v) is 11.0. The summed E-state index contributed by atoms with van der Waals surface area (Å²) < 4.78 is 23.0. The van der Waals surface area contributed by atoms with Crippen LogP contribution in [0.3, 0.4) is 0 Å². The number of halogens is 1. The number of anilines is 1. The van der Waals surface area contributed by atoms with Crippen LogP contribution in [-0.4, -0.2) is 40.1 Å². The predicted octanol–water partition coefficient (Wildman–Crippen LogP) is 4.00. The molecule has 0 spiro atoms. The van der Waals surface area contributed by atoms with Gasteiger partial charge in [0.2, 0.25) is 5.43 Å². The number of benzene rings is 2. The van der Waals surface area contributed by atoms with Crippen molar-refractivity contribution in [3.8, 4) is 22.9 Å². The molecule has 3 heterocycles. The van der Waals surface area contributed by atoms with Crippen LogP contribution in [0.15, 0.2) is 35.3 Å². The van der Waals surface area contributed by atoms with Crippen molar-refractivity contribution in [1.29, 1.82) is 0 Å². The van der Waals surface area contributed by atoms with Gasteiger partial charge in [-0.05, 0) is 49.8 Å². The first kappa shape index (κ1) is 19.2. The minimum absolute atomic E-state index is 0.00162. The molecular formula is C24H22FN3O4. The number of aromatic nitrogens is 1. The second kappa shape index (κ2) is 6.98. The van der Waals surface area contributed by atoms with Crippen LogP contribution in [0.1, 0.15) is 36.0 Å². The fourth-order valence-corrected chi connectivity index (χ4v) is 4.58. The van der Waals surface area contributed by atoms with E-state index >= 15 is 4.39 Å². The first-order chi connectivity index (χ1) is 15.5. The number of nitrogens with one attached hydrogen (secondary N) is 1. The second-order valence-corrected chi connectivity index (χ2v) is 8.78. The van der Waals surface area contributed by atoms with Gasteiger partial charge in [0.05, 0.1) is 11.1 Å². The van der Waals surface area contributed by atoms with Gasteiger partial charge >= 0.3 is 0 Å². The fraction of sp³-hybridized carbons (Fsp3) is 0.333. The Balaban J connectivity index is 1.61. The third kappa shape index (κ3) is 2.93. The maximum absolute atomic E-state index is 15.2. The molecule has 0 atom stereocenters. The molecule has 1 aliphatic carbocycles. The Bertz CT molecular complexity index is 1340. The minimum Gasteiger partial charge on any atom is -0.508 e. The average molecular weight is 435 g/mol. The Morgan fingerprint density at radius 2 is 2.00 bits per heavy atom. The van der Waals surface area contributed by atoms with Crippen LogP contribution < -0.4 is 15.5 Å². The lowest BCUT2D eigenvalue weighted by atomic mass is 10.1. The molecule has 1 saturated carbocycles. The molecule has 3 aliphatic rings. The summed E-state index contributed by atoms with van der Waals surface area (Å²) in [5.41, 5.74) is 0.656. The van der Waals surface area contributed by atoms with Crippen molar-refractivity contribution in [2.45, 2.75) is 25.7 Å². The van der Waals surface area contributed by atoms with Gasteiger partial charge in [0.15, 0.2) is 17.3 Å². The molecule has 2 aromatic carbocycles. The van der Waals surface area contributed by atoms with Crippen LogP contribution in [0, 0.1) is 11.7 Å². The van der Waals surface area contributed by atoms with Crippen LogP contribution in [0.5, 0.6) is 17.2 Å². The number of nitrogens with zero attached hydrogens (tertiary/aromatic N) is 2. The molecule has 0 bridgehead atoms. The third-order valence-corrected chi connectivity index (χ3v) is 6.50. The molecule has 0 unspecified atom stereocenters. The van der Waals surface area contributed by atoms with Crippen LogP contribution >= 0.6 is 0 Å². The average Bonchev–Trinajstić information content (AvgIpc) is 3.44. The van der Waals surface area contributed by atoms with Gasteiger partial charge in [-0.25, -0.2) is 4.39 Å². The first-order valence-electron chi connectivity index (χ1n) is 11.0. The number of rotatable bonds is 4. The Morgan fingerprint density at radius 3 is 2.75 bits per heavy atom. The van der Waals surface area contributed by atoms with Gasteiger partial charge in [-0.15, -0.1) is 0 Å². The highest BCUT2D eigenvalue weighted by molar-refractivity contribution is 6.01. The number of fused-ring (bicyclic) bond motifs is 2. The van der Waals surface area contributed by atoms with Gasteiger partial charge in [0, 0.05) is 31.9 Å². The lowest BCUT2D eigenvalue weighted by Gasteiger charge is -2.26. The zero-order valence-corrected chi connectivity index (χ0v) is 17.4. The lowest BCUT2D eigenvalue weighted by Crippen LogP contribution is -2.33. The van der Waals surface area contributed by atoms with Gasteiger partial charge in [0.1, 0.15) is 22.5 Å². The predicted molar refractivity (Wildman–Crippen MR) is 118 cm³/mol. The zero-order chi connectivity index (χ0) is 22.0. The molecule has 3 aromatic rings. The summed E-state index contributed by atoms with van der Waals surface area (Å²) in [5.74, 6) is 0.0637. The molecular weight excluding hydrogens is 413 g/mol. The minimum atomic E-state index is -0.605. The molecule has 2 aliphatic heterocycles. The number of hydrogen-bond acceptors (Lipinski definition) is 5. The molecule has 1 saturated heterocycles. The van der Waals surface area contributed by atoms with Crippen molar-refractivity contribution < 1.29 is 19.0 Å². The molecule has 1 aromatic heterocycles. The fourth-order valence-electron chi connectivity index (χ4n) is 4.58. The van der Waals surface area contributed by atoms with Crippen molar-refractivity contribution in [1.82, 2.24) is 9.47 Å². The smallest absolute Gasteiger partial charge is 0.259 e. The number of aromatic hydroxyl groups is 1. The standard InChI is InChI=1S/C24H22FN3O4/c25-17-10-15-21-23(20(17)26-11-13-3-4-13)32-19-9-14(29)5-6-18(19)28(21)12-16(22(15)30)24(31)27-7-1-2-8-27/h5-6,9-10,12-13,26,29H,1-4,7-8,11H2. The van der Waals surface area contributed by atoms with Crippen LogP contribution in [0.2, 0.25) is 0 Å². The highest BCUT2D eigenvalue weighted by Crippen LogP contribution is 2.46. The van der Waals surface area contributed by atoms with E-state index in [1.807, 2.05) is 0 Å².